The Labute approximate surface area is 120 Å². The van der Waals surface area contributed by atoms with E-state index in [0.717, 1.165) is 4.88 Å². The zero-order valence-electron chi connectivity index (χ0n) is 10.2. The third-order valence-electron chi connectivity index (χ3n) is 2.60. The predicted molar refractivity (Wildman–Crippen MR) is 78.9 cm³/mol. The normalized spacial score (nSPS) is 11.6. The Morgan fingerprint density at radius 1 is 1.42 bits per heavy atom. The van der Waals surface area contributed by atoms with Crippen LogP contribution in [0.1, 0.15) is 10.4 Å². The number of benzene rings is 1. The van der Waals surface area contributed by atoms with Crippen LogP contribution in [-0.4, -0.2) is 7.11 Å². The second-order valence-corrected chi connectivity index (χ2v) is 5.11. The lowest BCUT2D eigenvalue weighted by Gasteiger charge is -2.10. The van der Waals surface area contributed by atoms with Gasteiger partial charge in [-0.05, 0) is 29.6 Å². The van der Waals surface area contributed by atoms with Gasteiger partial charge in [0, 0.05) is 15.5 Å². The summed E-state index contributed by atoms with van der Waals surface area (Å²) in [6.07, 6.45) is 0. The molecule has 0 saturated carbocycles. The maximum Gasteiger partial charge on any atom is 0.128 e. The van der Waals surface area contributed by atoms with Crippen LogP contribution < -0.4 is 10.5 Å². The molecule has 5 heteroatoms. The molecule has 0 spiro atoms. The molecule has 3 nitrogen and oxygen atoms in total. The first kappa shape index (κ1) is 13.5. The van der Waals surface area contributed by atoms with Gasteiger partial charge in [0.25, 0.3) is 0 Å². The molecule has 19 heavy (non-hydrogen) atoms. The monoisotopic (exact) mass is 290 g/mol. The fraction of sp³-hybridized carbons (Fsp3) is 0.0714. The maximum absolute atomic E-state index is 9.31. The molecular weight excluding hydrogens is 280 g/mol. The van der Waals surface area contributed by atoms with E-state index in [2.05, 4.69) is 6.07 Å². The molecule has 0 aliphatic rings. The van der Waals surface area contributed by atoms with E-state index in [1.54, 1.807) is 25.3 Å². The minimum Gasteiger partial charge on any atom is -0.496 e. The molecule has 1 aromatic heterocycles. The van der Waals surface area contributed by atoms with Crippen molar-refractivity contribution in [3.63, 3.8) is 0 Å². The van der Waals surface area contributed by atoms with E-state index in [1.165, 1.54) is 11.3 Å². The molecule has 0 radical (unpaired) electrons. The van der Waals surface area contributed by atoms with E-state index < -0.39 is 0 Å². The number of methoxy groups -OCH3 is 1. The van der Waals surface area contributed by atoms with Gasteiger partial charge in [-0.25, -0.2) is 0 Å². The van der Waals surface area contributed by atoms with Crippen LogP contribution in [0.2, 0.25) is 5.02 Å². The van der Waals surface area contributed by atoms with Crippen LogP contribution in [-0.2, 0) is 0 Å². The fourth-order valence-corrected chi connectivity index (χ4v) is 2.60. The number of halogens is 1. The molecule has 2 aromatic rings. The van der Waals surface area contributed by atoms with E-state index in [1.807, 2.05) is 17.5 Å². The lowest BCUT2D eigenvalue weighted by atomic mass is 10.1. The Kier molecular flexibility index (Phi) is 4.10. The summed E-state index contributed by atoms with van der Waals surface area (Å²) in [5.41, 5.74) is 7.53. The topological polar surface area (TPSA) is 59.0 Å². The van der Waals surface area contributed by atoms with Crippen molar-refractivity contribution in [3.05, 3.63) is 51.2 Å². The smallest absolute Gasteiger partial charge is 0.128 e. The summed E-state index contributed by atoms with van der Waals surface area (Å²) in [6.45, 7) is 0. The SMILES string of the molecule is COc1ccc(Cl)cc1/C(N)=C(/C#N)c1cccs1. The number of allylic oxidation sites excluding steroid dienone is 1. The number of hydrogen-bond acceptors (Lipinski definition) is 4. The Bertz CT molecular complexity index is 657. The predicted octanol–water partition coefficient (Wildman–Crippen LogP) is 3.76. The van der Waals surface area contributed by atoms with Crippen molar-refractivity contribution in [3.8, 4) is 11.8 Å². The maximum atomic E-state index is 9.31. The number of nitriles is 1. The third-order valence-corrected chi connectivity index (χ3v) is 3.72. The van der Waals surface area contributed by atoms with Gasteiger partial charge < -0.3 is 10.5 Å². The van der Waals surface area contributed by atoms with Crippen LogP contribution in [0.3, 0.4) is 0 Å². The van der Waals surface area contributed by atoms with E-state index in [4.69, 9.17) is 22.1 Å². The average Bonchev–Trinajstić information content (AvgIpc) is 2.93. The highest BCUT2D eigenvalue weighted by Crippen LogP contribution is 2.32. The molecule has 0 aliphatic heterocycles. The van der Waals surface area contributed by atoms with Gasteiger partial charge in [-0.15, -0.1) is 11.3 Å². The van der Waals surface area contributed by atoms with Crippen LogP contribution >= 0.6 is 22.9 Å². The molecule has 0 unspecified atom stereocenters. The first-order valence-electron chi connectivity index (χ1n) is 5.45. The standard InChI is InChI=1S/C14H11ClN2OS/c1-18-12-5-4-9(15)7-10(12)14(17)11(8-16)13-3-2-6-19-13/h2-7H,17H2,1H3/b14-11+. The van der Waals surface area contributed by atoms with Crippen molar-refractivity contribution in [2.75, 3.05) is 7.11 Å². The second-order valence-electron chi connectivity index (χ2n) is 3.72. The van der Waals surface area contributed by atoms with Gasteiger partial charge in [0.2, 0.25) is 0 Å². The Hall–Kier alpha value is -1.96. The van der Waals surface area contributed by atoms with Crippen LogP contribution in [0.4, 0.5) is 0 Å². The van der Waals surface area contributed by atoms with Gasteiger partial charge in [-0.1, -0.05) is 17.7 Å². The Balaban J connectivity index is 2.63. The van der Waals surface area contributed by atoms with Crippen LogP contribution in [0.5, 0.6) is 5.75 Å². The van der Waals surface area contributed by atoms with E-state index in [0.29, 0.717) is 27.6 Å². The summed E-state index contributed by atoms with van der Waals surface area (Å²) >= 11 is 7.44. The summed E-state index contributed by atoms with van der Waals surface area (Å²) in [6, 6.07) is 11.0. The summed E-state index contributed by atoms with van der Waals surface area (Å²) in [7, 11) is 1.55. The van der Waals surface area contributed by atoms with Crippen molar-refractivity contribution >= 4 is 34.2 Å². The number of nitrogens with zero attached hydrogens (tertiary/aromatic N) is 1. The molecule has 96 valence electrons. The molecule has 0 fully saturated rings. The van der Waals surface area contributed by atoms with Crippen molar-refractivity contribution in [2.45, 2.75) is 0 Å². The summed E-state index contributed by atoms with van der Waals surface area (Å²) in [5.74, 6) is 0.589. The quantitative estimate of drug-likeness (QED) is 0.876. The summed E-state index contributed by atoms with van der Waals surface area (Å²) < 4.78 is 5.25. The summed E-state index contributed by atoms with van der Waals surface area (Å²) in [5, 5.41) is 11.7. The largest absolute Gasteiger partial charge is 0.496 e. The Morgan fingerprint density at radius 2 is 2.21 bits per heavy atom. The minimum absolute atomic E-state index is 0.365. The molecular formula is C14H11ClN2OS. The first-order chi connectivity index (χ1) is 9.17. The van der Waals surface area contributed by atoms with Gasteiger partial charge >= 0.3 is 0 Å². The third kappa shape index (κ3) is 2.73. The number of nitrogens with two attached hydrogens (primary N) is 1. The molecule has 2 N–H and O–H groups in total. The number of thiophene rings is 1. The van der Waals surface area contributed by atoms with Crippen LogP contribution in [0.15, 0.2) is 35.7 Å². The molecule has 0 atom stereocenters. The lowest BCUT2D eigenvalue weighted by molar-refractivity contribution is 0.413. The zero-order valence-corrected chi connectivity index (χ0v) is 11.8. The molecule has 0 saturated heterocycles. The van der Waals surface area contributed by atoms with Crippen molar-refractivity contribution in [2.24, 2.45) is 5.73 Å². The van der Waals surface area contributed by atoms with Crippen LogP contribution in [0.25, 0.3) is 11.3 Å². The molecule has 0 bridgehead atoms. The number of rotatable bonds is 3. The molecule has 2 rings (SSSR count). The van der Waals surface area contributed by atoms with Crippen LogP contribution in [0, 0.1) is 11.3 Å². The average molecular weight is 291 g/mol. The second kappa shape index (κ2) is 5.79. The minimum atomic E-state index is 0.365. The first-order valence-corrected chi connectivity index (χ1v) is 6.70. The molecule has 1 aromatic carbocycles. The molecule has 0 aliphatic carbocycles. The lowest BCUT2D eigenvalue weighted by Crippen LogP contribution is -2.02. The summed E-state index contributed by atoms with van der Waals surface area (Å²) in [4.78, 5) is 0.821. The zero-order chi connectivity index (χ0) is 13.8. The van der Waals surface area contributed by atoms with Crippen molar-refractivity contribution in [1.82, 2.24) is 0 Å². The van der Waals surface area contributed by atoms with E-state index >= 15 is 0 Å². The highest BCUT2D eigenvalue weighted by Gasteiger charge is 2.13. The van der Waals surface area contributed by atoms with Gasteiger partial charge in [0.15, 0.2) is 0 Å². The molecule has 1 heterocycles. The van der Waals surface area contributed by atoms with E-state index in [-0.39, 0.29) is 0 Å². The van der Waals surface area contributed by atoms with Gasteiger partial charge in [-0.2, -0.15) is 5.26 Å². The Morgan fingerprint density at radius 3 is 2.79 bits per heavy atom. The molecule has 0 amide bonds. The van der Waals surface area contributed by atoms with Gasteiger partial charge in [0.1, 0.15) is 11.8 Å². The van der Waals surface area contributed by atoms with Crippen molar-refractivity contribution < 1.29 is 4.74 Å². The van der Waals surface area contributed by atoms with E-state index in [9.17, 15) is 5.26 Å². The number of ether oxygens (including phenoxy) is 1. The highest BCUT2D eigenvalue weighted by atomic mass is 35.5. The van der Waals surface area contributed by atoms with Gasteiger partial charge in [-0.3, -0.25) is 0 Å². The van der Waals surface area contributed by atoms with Crippen molar-refractivity contribution in [1.29, 1.82) is 5.26 Å². The number of hydrogen-bond donors (Lipinski definition) is 1. The highest BCUT2D eigenvalue weighted by molar-refractivity contribution is 7.11. The van der Waals surface area contributed by atoms with Gasteiger partial charge in [0.05, 0.1) is 18.4 Å². The fourth-order valence-electron chi connectivity index (χ4n) is 1.69.